The molecule has 0 bridgehead atoms. The van der Waals surface area contributed by atoms with Gasteiger partial charge in [0.1, 0.15) is 0 Å². The molecule has 0 aliphatic carbocycles. The van der Waals surface area contributed by atoms with Gasteiger partial charge in [-0.1, -0.05) is 45.0 Å². The zero-order chi connectivity index (χ0) is 12.8. The molecule has 1 aromatic rings. The molecule has 0 amide bonds. The lowest BCUT2D eigenvalue weighted by Crippen LogP contribution is -2.27. The SMILES string of the molecule is CCC(C)SC(c1ccccc1C)C(N)CC. The van der Waals surface area contributed by atoms with Gasteiger partial charge in [-0.25, -0.2) is 0 Å². The number of aryl methyl sites for hydroxylation is 1. The highest BCUT2D eigenvalue weighted by Gasteiger charge is 2.22. The molecule has 17 heavy (non-hydrogen) atoms. The predicted molar refractivity (Wildman–Crippen MR) is 79.5 cm³/mol. The first kappa shape index (κ1) is 14.6. The van der Waals surface area contributed by atoms with E-state index in [9.17, 15) is 0 Å². The quantitative estimate of drug-likeness (QED) is 0.815. The number of thioether (sulfide) groups is 1. The van der Waals surface area contributed by atoms with E-state index in [2.05, 4.69) is 52.0 Å². The van der Waals surface area contributed by atoms with E-state index in [4.69, 9.17) is 5.73 Å². The van der Waals surface area contributed by atoms with Gasteiger partial charge in [-0.05, 0) is 30.9 Å². The summed E-state index contributed by atoms with van der Waals surface area (Å²) in [5.41, 5.74) is 9.07. The van der Waals surface area contributed by atoms with Gasteiger partial charge in [0, 0.05) is 16.5 Å². The fraction of sp³-hybridized carbons (Fsp3) is 0.600. The molecule has 2 heteroatoms. The summed E-state index contributed by atoms with van der Waals surface area (Å²) in [6.07, 6.45) is 2.23. The van der Waals surface area contributed by atoms with Crippen molar-refractivity contribution >= 4 is 11.8 Å². The molecule has 1 nitrogen and oxygen atoms in total. The second kappa shape index (κ2) is 7.07. The lowest BCUT2D eigenvalue weighted by atomic mass is 10.00. The van der Waals surface area contributed by atoms with Crippen LogP contribution in [0.15, 0.2) is 24.3 Å². The zero-order valence-electron chi connectivity index (χ0n) is 11.4. The first-order valence-corrected chi connectivity index (χ1v) is 7.50. The summed E-state index contributed by atoms with van der Waals surface area (Å²) in [7, 11) is 0. The second-order valence-corrected chi connectivity index (χ2v) is 6.29. The van der Waals surface area contributed by atoms with Crippen LogP contribution < -0.4 is 5.73 Å². The standard InChI is InChI=1S/C15H25NS/c1-5-12(4)17-15(14(16)6-2)13-10-8-7-9-11(13)3/h7-10,12,14-15H,5-6,16H2,1-4H3. The maximum absolute atomic E-state index is 6.30. The smallest absolute Gasteiger partial charge is 0.0453 e. The van der Waals surface area contributed by atoms with Crippen LogP contribution in [0.4, 0.5) is 0 Å². The van der Waals surface area contributed by atoms with Crippen molar-refractivity contribution in [3.63, 3.8) is 0 Å². The highest BCUT2D eigenvalue weighted by atomic mass is 32.2. The summed E-state index contributed by atoms with van der Waals surface area (Å²) in [5.74, 6) is 0. The third kappa shape index (κ3) is 4.04. The predicted octanol–water partition coefficient (Wildman–Crippen LogP) is 4.31. The van der Waals surface area contributed by atoms with Gasteiger partial charge in [0.15, 0.2) is 0 Å². The minimum atomic E-state index is 0.245. The van der Waals surface area contributed by atoms with Gasteiger partial charge >= 0.3 is 0 Å². The Labute approximate surface area is 110 Å². The molecule has 3 unspecified atom stereocenters. The fourth-order valence-electron chi connectivity index (χ4n) is 1.87. The molecule has 0 aliphatic heterocycles. The number of hydrogen-bond donors (Lipinski definition) is 1. The number of benzene rings is 1. The topological polar surface area (TPSA) is 26.0 Å². The van der Waals surface area contributed by atoms with Gasteiger partial charge in [-0.2, -0.15) is 0 Å². The number of hydrogen-bond acceptors (Lipinski definition) is 2. The van der Waals surface area contributed by atoms with Gasteiger partial charge in [0.25, 0.3) is 0 Å². The Morgan fingerprint density at radius 3 is 2.35 bits per heavy atom. The molecule has 0 fully saturated rings. The van der Waals surface area contributed by atoms with Crippen molar-refractivity contribution in [3.8, 4) is 0 Å². The van der Waals surface area contributed by atoms with Crippen LogP contribution in [-0.2, 0) is 0 Å². The van der Waals surface area contributed by atoms with Crippen LogP contribution in [0.1, 0.15) is 50.0 Å². The molecule has 0 saturated carbocycles. The Kier molecular flexibility index (Phi) is 6.07. The van der Waals surface area contributed by atoms with Crippen LogP contribution in [-0.4, -0.2) is 11.3 Å². The average Bonchev–Trinajstić information content (AvgIpc) is 2.35. The fourth-order valence-corrected chi connectivity index (χ4v) is 3.37. The van der Waals surface area contributed by atoms with Gasteiger partial charge in [0.2, 0.25) is 0 Å². The van der Waals surface area contributed by atoms with Crippen molar-refractivity contribution < 1.29 is 0 Å². The summed E-state index contributed by atoms with van der Waals surface area (Å²) in [5, 5.41) is 1.09. The summed E-state index contributed by atoms with van der Waals surface area (Å²) < 4.78 is 0. The Morgan fingerprint density at radius 1 is 1.18 bits per heavy atom. The van der Waals surface area contributed by atoms with E-state index >= 15 is 0 Å². The molecule has 0 aromatic heterocycles. The molecule has 1 aromatic carbocycles. The van der Waals surface area contributed by atoms with Crippen molar-refractivity contribution in [2.45, 2.75) is 57.1 Å². The van der Waals surface area contributed by atoms with Crippen LogP contribution in [0.5, 0.6) is 0 Å². The summed E-state index contributed by atoms with van der Waals surface area (Å²) >= 11 is 2.02. The number of nitrogens with two attached hydrogens (primary N) is 1. The van der Waals surface area contributed by atoms with E-state index in [1.165, 1.54) is 17.5 Å². The molecule has 0 saturated heterocycles. The molecular weight excluding hydrogens is 226 g/mol. The lowest BCUT2D eigenvalue weighted by Gasteiger charge is -2.27. The summed E-state index contributed by atoms with van der Waals surface area (Å²) in [6, 6.07) is 8.87. The minimum absolute atomic E-state index is 0.245. The maximum Gasteiger partial charge on any atom is 0.0453 e. The van der Waals surface area contributed by atoms with Gasteiger partial charge in [-0.3, -0.25) is 0 Å². The lowest BCUT2D eigenvalue weighted by molar-refractivity contribution is 0.629. The van der Waals surface area contributed by atoms with Crippen LogP contribution in [0.25, 0.3) is 0 Å². The molecule has 0 aliphatic rings. The normalized spacial score (nSPS) is 16.5. The average molecular weight is 251 g/mol. The highest BCUT2D eigenvalue weighted by molar-refractivity contribution is 8.00. The first-order valence-electron chi connectivity index (χ1n) is 6.56. The van der Waals surface area contributed by atoms with E-state index in [-0.39, 0.29) is 6.04 Å². The van der Waals surface area contributed by atoms with E-state index < -0.39 is 0 Å². The van der Waals surface area contributed by atoms with Crippen LogP contribution in [0.2, 0.25) is 0 Å². The van der Waals surface area contributed by atoms with Crippen molar-refractivity contribution in [3.05, 3.63) is 35.4 Å². The van der Waals surface area contributed by atoms with Crippen LogP contribution in [0.3, 0.4) is 0 Å². The van der Waals surface area contributed by atoms with E-state index in [0.29, 0.717) is 10.5 Å². The molecule has 1 rings (SSSR count). The first-order chi connectivity index (χ1) is 8.10. The Balaban J connectivity index is 2.94. The molecule has 2 N–H and O–H groups in total. The molecule has 0 radical (unpaired) electrons. The third-order valence-corrected chi connectivity index (χ3v) is 5.00. The Bertz CT molecular complexity index is 337. The molecule has 96 valence electrons. The highest BCUT2D eigenvalue weighted by Crippen LogP contribution is 2.37. The molecule has 0 heterocycles. The second-order valence-electron chi connectivity index (χ2n) is 4.70. The molecule has 0 spiro atoms. The van der Waals surface area contributed by atoms with E-state index in [1.54, 1.807) is 0 Å². The van der Waals surface area contributed by atoms with Crippen molar-refractivity contribution in [1.29, 1.82) is 0 Å². The van der Waals surface area contributed by atoms with Crippen LogP contribution in [0, 0.1) is 6.92 Å². The monoisotopic (exact) mass is 251 g/mol. The summed E-state index contributed by atoms with van der Waals surface area (Å²) in [4.78, 5) is 0. The van der Waals surface area contributed by atoms with Crippen molar-refractivity contribution in [2.24, 2.45) is 5.73 Å². The van der Waals surface area contributed by atoms with Gasteiger partial charge in [0.05, 0.1) is 0 Å². The molecular formula is C15H25NS. The van der Waals surface area contributed by atoms with Gasteiger partial charge in [-0.15, -0.1) is 11.8 Å². The van der Waals surface area contributed by atoms with E-state index in [1.807, 2.05) is 11.8 Å². The maximum atomic E-state index is 6.30. The van der Waals surface area contributed by atoms with E-state index in [0.717, 1.165) is 6.42 Å². The summed E-state index contributed by atoms with van der Waals surface area (Å²) in [6.45, 7) is 8.89. The third-order valence-electron chi connectivity index (χ3n) is 3.31. The molecule has 3 atom stereocenters. The Hall–Kier alpha value is -0.470. The largest absolute Gasteiger partial charge is 0.326 e. The van der Waals surface area contributed by atoms with Crippen LogP contribution >= 0.6 is 11.8 Å². The zero-order valence-corrected chi connectivity index (χ0v) is 12.3. The van der Waals surface area contributed by atoms with Crippen molar-refractivity contribution in [2.75, 3.05) is 0 Å². The Morgan fingerprint density at radius 2 is 1.82 bits per heavy atom. The van der Waals surface area contributed by atoms with Crippen molar-refractivity contribution in [1.82, 2.24) is 0 Å². The minimum Gasteiger partial charge on any atom is -0.326 e. The number of rotatable bonds is 6. The van der Waals surface area contributed by atoms with Gasteiger partial charge < -0.3 is 5.73 Å².